The molecule has 0 aliphatic carbocycles. The van der Waals surface area contributed by atoms with Gasteiger partial charge in [0.05, 0.1) is 19.3 Å². The molecule has 0 aromatic heterocycles. The maximum absolute atomic E-state index is 13.3. The van der Waals surface area contributed by atoms with Crippen LogP contribution in [0.1, 0.15) is 28.8 Å². The van der Waals surface area contributed by atoms with Gasteiger partial charge in [-0.1, -0.05) is 0 Å². The topological polar surface area (TPSA) is 29.5 Å². The molecule has 1 aromatic carbocycles. The fourth-order valence-corrected chi connectivity index (χ4v) is 3.09. The van der Waals surface area contributed by atoms with E-state index in [0.29, 0.717) is 23.7 Å². The Labute approximate surface area is 112 Å². The fourth-order valence-electron chi connectivity index (χ4n) is 3.09. The molecular weight excluding hydrogens is 245 g/mol. The van der Waals surface area contributed by atoms with Gasteiger partial charge in [-0.25, -0.2) is 4.39 Å². The third kappa shape index (κ3) is 2.25. The number of carbonyl (C=O) groups excluding carboxylic acids is 1. The van der Waals surface area contributed by atoms with Crippen molar-refractivity contribution in [2.24, 2.45) is 5.92 Å². The number of benzene rings is 1. The minimum Gasteiger partial charge on any atom is -0.379 e. The van der Waals surface area contributed by atoms with Gasteiger partial charge in [0.15, 0.2) is 0 Å². The Kier molecular flexibility index (Phi) is 3.27. The van der Waals surface area contributed by atoms with Crippen molar-refractivity contribution in [2.45, 2.75) is 25.8 Å². The first kappa shape index (κ1) is 12.6. The van der Waals surface area contributed by atoms with Crippen molar-refractivity contribution in [3.63, 3.8) is 0 Å². The van der Waals surface area contributed by atoms with Gasteiger partial charge in [0.2, 0.25) is 0 Å². The van der Waals surface area contributed by atoms with Gasteiger partial charge in [-0.15, -0.1) is 0 Å². The zero-order valence-corrected chi connectivity index (χ0v) is 11.1. The van der Waals surface area contributed by atoms with Gasteiger partial charge in [0.1, 0.15) is 5.82 Å². The van der Waals surface area contributed by atoms with Crippen molar-refractivity contribution < 1.29 is 13.9 Å². The van der Waals surface area contributed by atoms with Crippen molar-refractivity contribution in [3.8, 4) is 0 Å². The number of amides is 1. The molecule has 2 aliphatic heterocycles. The van der Waals surface area contributed by atoms with Crippen LogP contribution in [0.15, 0.2) is 18.2 Å². The highest BCUT2D eigenvalue weighted by Gasteiger charge is 2.38. The van der Waals surface area contributed by atoms with E-state index in [9.17, 15) is 9.18 Å². The number of likely N-dealkylation sites (tertiary alicyclic amines) is 1. The summed E-state index contributed by atoms with van der Waals surface area (Å²) in [6.45, 7) is 3.86. The van der Waals surface area contributed by atoms with Gasteiger partial charge >= 0.3 is 0 Å². The van der Waals surface area contributed by atoms with E-state index in [2.05, 4.69) is 0 Å². The largest absolute Gasteiger partial charge is 0.379 e. The number of halogens is 1. The first-order valence-corrected chi connectivity index (χ1v) is 6.81. The summed E-state index contributed by atoms with van der Waals surface area (Å²) in [6.07, 6.45) is 2.16. The van der Waals surface area contributed by atoms with Crippen molar-refractivity contribution in [3.05, 3.63) is 35.1 Å². The predicted octanol–water partition coefficient (Wildman–Crippen LogP) is 2.39. The highest BCUT2D eigenvalue weighted by Crippen LogP contribution is 2.30. The van der Waals surface area contributed by atoms with Gasteiger partial charge in [0.25, 0.3) is 5.91 Å². The van der Waals surface area contributed by atoms with Crippen molar-refractivity contribution in [1.82, 2.24) is 4.90 Å². The monoisotopic (exact) mass is 263 g/mol. The summed E-state index contributed by atoms with van der Waals surface area (Å²) in [5, 5.41) is 0. The van der Waals surface area contributed by atoms with Gasteiger partial charge in [-0.2, -0.15) is 0 Å². The average Bonchev–Trinajstić information content (AvgIpc) is 2.89. The molecule has 0 radical (unpaired) electrons. The minimum atomic E-state index is -0.266. The number of carbonyl (C=O) groups is 1. The number of hydrogen-bond donors (Lipinski definition) is 0. The standard InChI is InChI=1S/C15H18FNO2/c1-10-7-11(4-5-13(10)16)15(18)17-6-2-3-12-8-19-9-14(12)17/h4-5,7,12,14H,2-3,6,8-9H2,1H3/t12-,14+/m1/s1. The maximum Gasteiger partial charge on any atom is 0.254 e. The first-order valence-electron chi connectivity index (χ1n) is 6.81. The van der Waals surface area contributed by atoms with Crippen molar-refractivity contribution >= 4 is 5.91 Å². The van der Waals surface area contributed by atoms with Crippen LogP contribution < -0.4 is 0 Å². The smallest absolute Gasteiger partial charge is 0.254 e. The summed E-state index contributed by atoms with van der Waals surface area (Å²) in [5.74, 6) is 0.208. The van der Waals surface area contributed by atoms with Crippen LogP contribution in [-0.2, 0) is 4.74 Å². The van der Waals surface area contributed by atoms with Crippen LogP contribution >= 0.6 is 0 Å². The molecule has 4 heteroatoms. The maximum atomic E-state index is 13.3. The fraction of sp³-hybridized carbons (Fsp3) is 0.533. The van der Waals surface area contributed by atoms with Gasteiger partial charge in [-0.3, -0.25) is 4.79 Å². The molecule has 2 aliphatic rings. The SMILES string of the molecule is Cc1cc(C(=O)N2CCC[C@@H]3COC[C@@H]32)ccc1F. The second-order valence-electron chi connectivity index (χ2n) is 5.47. The Morgan fingerprint density at radius 2 is 2.26 bits per heavy atom. The van der Waals surface area contributed by atoms with Gasteiger partial charge in [0, 0.05) is 18.0 Å². The molecule has 2 heterocycles. The predicted molar refractivity (Wildman–Crippen MR) is 69.5 cm³/mol. The Morgan fingerprint density at radius 3 is 3.05 bits per heavy atom. The molecule has 102 valence electrons. The lowest BCUT2D eigenvalue weighted by molar-refractivity contribution is 0.0559. The number of hydrogen-bond acceptors (Lipinski definition) is 2. The van der Waals surface area contributed by atoms with E-state index in [0.717, 1.165) is 26.0 Å². The number of nitrogens with zero attached hydrogens (tertiary/aromatic N) is 1. The summed E-state index contributed by atoms with van der Waals surface area (Å²) in [5.41, 5.74) is 1.09. The quantitative estimate of drug-likeness (QED) is 0.778. The van der Waals surface area contributed by atoms with Gasteiger partial charge < -0.3 is 9.64 Å². The molecule has 2 atom stereocenters. The van der Waals surface area contributed by atoms with E-state index in [4.69, 9.17) is 4.74 Å². The number of fused-ring (bicyclic) bond motifs is 1. The van der Waals surface area contributed by atoms with E-state index >= 15 is 0 Å². The Morgan fingerprint density at radius 1 is 1.42 bits per heavy atom. The highest BCUT2D eigenvalue weighted by molar-refractivity contribution is 5.94. The van der Waals surface area contributed by atoms with E-state index in [1.165, 1.54) is 6.07 Å². The first-order chi connectivity index (χ1) is 9.16. The van der Waals surface area contributed by atoms with Crippen LogP contribution in [0.2, 0.25) is 0 Å². The highest BCUT2D eigenvalue weighted by atomic mass is 19.1. The molecule has 0 spiro atoms. The molecule has 0 N–H and O–H groups in total. The van der Waals surface area contributed by atoms with E-state index in [1.54, 1.807) is 19.1 Å². The summed E-state index contributed by atoms with van der Waals surface area (Å²) >= 11 is 0. The Bertz CT molecular complexity index is 503. The summed E-state index contributed by atoms with van der Waals surface area (Å²) in [4.78, 5) is 14.5. The van der Waals surface area contributed by atoms with Crippen LogP contribution in [0, 0.1) is 18.7 Å². The number of ether oxygens (including phenoxy) is 1. The molecule has 2 fully saturated rings. The molecule has 0 unspecified atom stereocenters. The molecular formula is C15H18FNO2. The minimum absolute atomic E-state index is 0.00306. The number of aryl methyl sites for hydroxylation is 1. The second-order valence-corrected chi connectivity index (χ2v) is 5.47. The molecule has 0 saturated carbocycles. The Balaban J connectivity index is 1.84. The number of piperidine rings is 1. The number of rotatable bonds is 1. The van der Waals surface area contributed by atoms with Gasteiger partial charge in [-0.05, 0) is 43.5 Å². The lowest BCUT2D eigenvalue weighted by Gasteiger charge is -2.36. The molecule has 0 bridgehead atoms. The van der Waals surface area contributed by atoms with Crippen LogP contribution in [0.3, 0.4) is 0 Å². The lowest BCUT2D eigenvalue weighted by Crippen LogP contribution is -2.48. The van der Waals surface area contributed by atoms with Crippen LogP contribution in [0.25, 0.3) is 0 Å². The second kappa shape index (κ2) is 4.93. The summed E-state index contributed by atoms with van der Waals surface area (Å²) in [7, 11) is 0. The van der Waals surface area contributed by atoms with E-state index in [-0.39, 0.29) is 17.8 Å². The Hall–Kier alpha value is -1.42. The average molecular weight is 263 g/mol. The van der Waals surface area contributed by atoms with Crippen LogP contribution in [-0.4, -0.2) is 36.6 Å². The van der Waals surface area contributed by atoms with Crippen LogP contribution in [0.5, 0.6) is 0 Å². The molecule has 1 aromatic rings. The van der Waals surface area contributed by atoms with Crippen molar-refractivity contribution in [1.29, 1.82) is 0 Å². The molecule has 1 amide bonds. The molecule has 2 saturated heterocycles. The zero-order chi connectivity index (χ0) is 13.4. The summed E-state index contributed by atoms with van der Waals surface area (Å²) < 4.78 is 18.8. The summed E-state index contributed by atoms with van der Waals surface area (Å²) in [6, 6.07) is 4.78. The molecule has 19 heavy (non-hydrogen) atoms. The van der Waals surface area contributed by atoms with Crippen molar-refractivity contribution in [2.75, 3.05) is 19.8 Å². The third-order valence-electron chi connectivity index (χ3n) is 4.20. The van der Waals surface area contributed by atoms with Crippen LogP contribution in [0.4, 0.5) is 4.39 Å². The molecule has 3 nitrogen and oxygen atoms in total. The van der Waals surface area contributed by atoms with E-state index < -0.39 is 0 Å². The normalized spacial score (nSPS) is 26.3. The zero-order valence-electron chi connectivity index (χ0n) is 11.1. The molecule has 3 rings (SSSR count). The lowest BCUT2D eigenvalue weighted by atomic mass is 9.91. The van der Waals surface area contributed by atoms with E-state index in [1.807, 2.05) is 4.90 Å². The third-order valence-corrected chi connectivity index (χ3v) is 4.20.